The Morgan fingerprint density at radius 1 is 1.17 bits per heavy atom. The fourth-order valence-corrected chi connectivity index (χ4v) is 2.98. The van der Waals surface area contributed by atoms with Gasteiger partial charge in [0, 0.05) is 12.4 Å². The second-order valence-electron chi connectivity index (χ2n) is 6.22. The molecule has 0 aliphatic heterocycles. The molecule has 1 rings (SSSR count). The zero-order chi connectivity index (χ0) is 16.9. The highest BCUT2D eigenvalue weighted by molar-refractivity contribution is 5.67. The number of rotatable bonds is 12. The number of nitrogens with zero attached hydrogens (tertiary/aromatic N) is 2. The third kappa shape index (κ3) is 8.05. The lowest BCUT2D eigenvalue weighted by Gasteiger charge is -2.28. The molecule has 0 bridgehead atoms. The molecule has 0 aliphatic rings. The van der Waals surface area contributed by atoms with Crippen molar-refractivity contribution in [2.24, 2.45) is 5.92 Å². The number of hydrogen-bond donors (Lipinski definition) is 1. The second kappa shape index (κ2) is 12.0. The van der Waals surface area contributed by atoms with E-state index in [-0.39, 0.29) is 12.1 Å². The van der Waals surface area contributed by atoms with Crippen molar-refractivity contribution in [1.29, 1.82) is 0 Å². The number of alkyl carbamates (subject to hydrolysis) is 1. The molecular weight excluding hydrogens is 290 g/mol. The zero-order valence-corrected chi connectivity index (χ0v) is 15.0. The van der Waals surface area contributed by atoms with Crippen molar-refractivity contribution in [1.82, 2.24) is 15.1 Å². The Morgan fingerprint density at radius 3 is 2.52 bits per heavy atom. The summed E-state index contributed by atoms with van der Waals surface area (Å²) in [4.78, 5) is 11.7. The molecule has 1 amide bonds. The van der Waals surface area contributed by atoms with Crippen molar-refractivity contribution in [3.05, 3.63) is 18.5 Å². The predicted molar refractivity (Wildman–Crippen MR) is 93.3 cm³/mol. The number of amides is 1. The SMILES string of the molecule is CCCCCCC(CCCC)[C@H](Cn1cccn1)NC(=O)OC. The van der Waals surface area contributed by atoms with Crippen molar-refractivity contribution >= 4 is 6.09 Å². The zero-order valence-electron chi connectivity index (χ0n) is 15.0. The third-order valence-electron chi connectivity index (χ3n) is 4.36. The lowest BCUT2D eigenvalue weighted by Crippen LogP contribution is -2.43. The van der Waals surface area contributed by atoms with E-state index in [0.29, 0.717) is 12.5 Å². The van der Waals surface area contributed by atoms with Crippen LogP contribution in [0.4, 0.5) is 4.79 Å². The van der Waals surface area contributed by atoms with Crippen LogP contribution in [0.5, 0.6) is 0 Å². The highest BCUT2D eigenvalue weighted by Gasteiger charge is 2.23. The standard InChI is InChI=1S/C18H33N3O2/c1-4-6-8-9-12-16(11-7-5-2)17(20-18(22)23-3)15-21-14-10-13-19-21/h10,13-14,16-17H,4-9,11-12,15H2,1-3H3,(H,20,22)/t16?,17-/m0/s1. The summed E-state index contributed by atoms with van der Waals surface area (Å²) in [7, 11) is 1.42. The van der Waals surface area contributed by atoms with E-state index in [9.17, 15) is 4.79 Å². The molecule has 5 nitrogen and oxygen atoms in total. The molecular formula is C18H33N3O2. The van der Waals surface area contributed by atoms with Gasteiger partial charge in [-0.3, -0.25) is 4.68 Å². The van der Waals surface area contributed by atoms with E-state index in [1.165, 1.54) is 45.6 Å². The molecule has 132 valence electrons. The monoisotopic (exact) mass is 323 g/mol. The molecule has 5 heteroatoms. The van der Waals surface area contributed by atoms with Crippen molar-refractivity contribution in [2.45, 2.75) is 77.8 Å². The van der Waals surface area contributed by atoms with Crippen LogP contribution in [0.1, 0.15) is 65.2 Å². The topological polar surface area (TPSA) is 56.2 Å². The van der Waals surface area contributed by atoms with Gasteiger partial charge in [-0.15, -0.1) is 0 Å². The van der Waals surface area contributed by atoms with Gasteiger partial charge >= 0.3 is 6.09 Å². The van der Waals surface area contributed by atoms with Gasteiger partial charge in [0.25, 0.3) is 0 Å². The van der Waals surface area contributed by atoms with Crippen molar-refractivity contribution < 1.29 is 9.53 Å². The molecule has 1 heterocycles. The summed E-state index contributed by atoms with van der Waals surface area (Å²) < 4.78 is 6.71. The molecule has 0 aromatic carbocycles. The summed E-state index contributed by atoms with van der Waals surface area (Å²) in [6.45, 7) is 5.14. The minimum absolute atomic E-state index is 0.0653. The predicted octanol–water partition coefficient (Wildman–Crippen LogP) is 4.38. The summed E-state index contributed by atoms with van der Waals surface area (Å²) in [6, 6.07) is 1.98. The van der Waals surface area contributed by atoms with Gasteiger partial charge in [-0.1, -0.05) is 52.4 Å². The smallest absolute Gasteiger partial charge is 0.407 e. The van der Waals surface area contributed by atoms with Crippen LogP contribution in [-0.4, -0.2) is 29.0 Å². The van der Waals surface area contributed by atoms with Crippen LogP contribution >= 0.6 is 0 Å². The van der Waals surface area contributed by atoms with E-state index in [4.69, 9.17) is 4.74 Å². The number of carbonyl (C=O) groups is 1. The summed E-state index contributed by atoms with van der Waals surface area (Å²) >= 11 is 0. The van der Waals surface area contributed by atoms with E-state index < -0.39 is 0 Å². The first-order valence-electron chi connectivity index (χ1n) is 9.03. The fourth-order valence-electron chi connectivity index (χ4n) is 2.98. The van der Waals surface area contributed by atoms with E-state index in [1.807, 2.05) is 16.9 Å². The average Bonchev–Trinajstić information content (AvgIpc) is 3.06. The molecule has 1 unspecified atom stereocenters. The van der Waals surface area contributed by atoms with E-state index in [2.05, 4.69) is 24.3 Å². The molecule has 1 N–H and O–H groups in total. The van der Waals surface area contributed by atoms with Crippen LogP contribution in [0.3, 0.4) is 0 Å². The average molecular weight is 323 g/mol. The minimum Gasteiger partial charge on any atom is -0.453 e. The molecule has 0 aliphatic carbocycles. The van der Waals surface area contributed by atoms with Gasteiger partial charge in [0.1, 0.15) is 0 Å². The quantitative estimate of drug-likeness (QED) is 0.581. The number of unbranched alkanes of at least 4 members (excludes halogenated alkanes) is 4. The Morgan fingerprint density at radius 2 is 1.91 bits per heavy atom. The Kier molecular flexibility index (Phi) is 10.2. The maximum Gasteiger partial charge on any atom is 0.407 e. The molecule has 2 atom stereocenters. The number of carbonyl (C=O) groups excluding carboxylic acids is 1. The van der Waals surface area contributed by atoms with Crippen molar-refractivity contribution in [2.75, 3.05) is 7.11 Å². The largest absolute Gasteiger partial charge is 0.453 e. The number of hydrogen-bond acceptors (Lipinski definition) is 3. The van der Waals surface area contributed by atoms with Crippen LogP contribution in [0.15, 0.2) is 18.5 Å². The Labute approximate surface area is 140 Å². The normalized spacial score (nSPS) is 13.5. The number of ether oxygens (including phenoxy) is 1. The molecule has 0 radical (unpaired) electrons. The first-order chi connectivity index (χ1) is 11.2. The lowest BCUT2D eigenvalue weighted by molar-refractivity contribution is 0.155. The van der Waals surface area contributed by atoms with E-state index in [0.717, 1.165) is 12.8 Å². The maximum atomic E-state index is 11.7. The number of aromatic nitrogens is 2. The van der Waals surface area contributed by atoms with Crippen molar-refractivity contribution in [3.8, 4) is 0 Å². The van der Waals surface area contributed by atoms with Crippen LogP contribution in [0.25, 0.3) is 0 Å². The van der Waals surface area contributed by atoms with E-state index >= 15 is 0 Å². The highest BCUT2D eigenvalue weighted by Crippen LogP contribution is 2.22. The molecule has 0 saturated heterocycles. The Hall–Kier alpha value is -1.52. The first kappa shape index (κ1) is 19.5. The van der Waals surface area contributed by atoms with Crippen LogP contribution in [-0.2, 0) is 11.3 Å². The Bertz CT molecular complexity index is 406. The van der Waals surface area contributed by atoms with Gasteiger partial charge in [0.05, 0.1) is 19.7 Å². The first-order valence-corrected chi connectivity index (χ1v) is 9.03. The van der Waals surface area contributed by atoms with Gasteiger partial charge < -0.3 is 10.1 Å². The summed E-state index contributed by atoms with van der Waals surface area (Å²) in [5, 5.41) is 7.32. The number of nitrogens with one attached hydrogen (secondary N) is 1. The highest BCUT2D eigenvalue weighted by atomic mass is 16.5. The van der Waals surface area contributed by atoms with Crippen LogP contribution in [0, 0.1) is 5.92 Å². The summed E-state index contributed by atoms with van der Waals surface area (Å²) in [6.07, 6.45) is 13.1. The lowest BCUT2D eigenvalue weighted by atomic mass is 9.88. The van der Waals surface area contributed by atoms with Gasteiger partial charge in [-0.25, -0.2) is 4.79 Å². The van der Waals surface area contributed by atoms with Gasteiger partial charge in [0.2, 0.25) is 0 Å². The maximum absolute atomic E-state index is 11.7. The van der Waals surface area contributed by atoms with Crippen molar-refractivity contribution in [3.63, 3.8) is 0 Å². The molecule has 0 fully saturated rings. The molecule has 0 spiro atoms. The van der Waals surface area contributed by atoms with Crippen LogP contribution < -0.4 is 5.32 Å². The fraction of sp³-hybridized carbons (Fsp3) is 0.778. The van der Waals surface area contributed by atoms with Crippen LogP contribution in [0.2, 0.25) is 0 Å². The van der Waals surface area contributed by atoms with E-state index in [1.54, 1.807) is 6.20 Å². The second-order valence-corrected chi connectivity index (χ2v) is 6.22. The summed E-state index contributed by atoms with van der Waals surface area (Å²) in [5.74, 6) is 0.468. The summed E-state index contributed by atoms with van der Waals surface area (Å²) in [5.41, 5.74) is 0. The minimum atomic E-state index is -0.350. The molecule has 0 saturated carbocycles. The van der Waals surface area contributed by atoms with Gasteiger partial charge in [-0.05, 0) is 24.8 Å². The molecule has 1 aromatic heterocycles. The van der Waals surface area contributed by atoms with Gasteiger partial charge in [0.15, 0.2) is 0 Å². The Balaban J connectivity index is 2.69. The molecule has 23 heavy (non-hydrogen) atoms. The molecule has 1 aromatic rings. The van der Waals surface area contributed by atoms with Gasteiger partial charge in [-0.2, -0.15) is 5.10 Å². The number of methoxy groups -OCH3 is 1. The third-order valence-corrected chi connectivity index (χ3v) is 4.36.